The highest BCUT2D eigenvalue weighted by Gasteiger charge is 2.20. The highest BCUT2D eigenvalue weighted by molar-refractivity contribution is 5.77. The largest absolute Gasteiger partial charge is 0.479 e. The van der Waals surface area contributed by atoms with Gasteiger partial charge in [0.2, 0.25) is 6.10 Å². The topological polar surface area (TPSA) is 96.5 Å². The number of fused-ring (bicyclic) bond motifs is 1. The van der Waals surface area contributed by atoms with Crippen molar-refractivity contribution < 1.29 is 19.4 Å². The Morgan fingerprint density at radius 1 is 1.57 bits per heavy atom. The summed E-state index contributed by atoms with van der Waals surface area (Å²) in [5.74, 6) is -1.41. The van der Waals surface area contributed by atoms with Crippen molar-refractivity contribution in [3.63, 3.8) is 0 Å². The standard InChI is InChI=1S/C8H6N2O4/c11-7(8(12)13)5-1-4-6(14-5)2-9-3-10-4/h1-3,7,11H,(H,12,13). The zero-order chi connectivity index (χ0) is 10.1. The van der Waals surface area contributed by atoms with Gasteiger partial charge in [0.05, 0.1) is 6.20 Å². The first-order valence-corrected chi connectivity index (χ1v) is 3.79. The molecule has 2 heterocycles. The van der Waals surface area contributed by atoms with E-state index in [0.29, 0.717) is 11.1 Å². The molecule has 6 nitrogen and oxygen atoms in total. The minimum atomic E-state index is -1.66. The molecule has 2 N–H and O–H groups in total. The van der Waals surface area contributed by atoms with E-state index < -0.39 is 12.1 Å². The number of rotatable bonds is 2. The molecule has 0 saturated carbocycles. The minimum Gasteiger partial charge on any atom is -0.479 e. The number of carbonyl (C=O) groups is 1. The quantitative estimate of drug-likeness (QED) is 0.715. The van der Waals surface area contributed by atoms with E-state index in [9.17, 15) is 4.79 Å². The fraction of sp³-hybridized carbons (Fsp3) is 0.125. The SMILES string of the molecule is O=C(O)C(O)c1cc2ncncc2o1. The Bertz CT molecular complexity index is 446. The second-order valence-corrected chi connectivity index (χ2v) is 2.66. The van der Waals surface area contributed by atoms with E-state index in [-0.39, 0.29) is 5.76 Å². The molecule has 0 aromatic carbocycles. The van der Waals surface area contributed by atoms with Crippen molar-refractivity contribution in [2.24, 2.45) is 0 Å². The molecule has 0 fully saturated rings. The van der Waals surface area contributed by atoms with Crippen LogP contribution in [0.4, 0.5) is 0 Å². The average Bonchev–Trinajstić information content (AvgIpc) is 2.59. The van der Waals surface area contributed by atoms with Crippen molar-refractivity contribution in [2.45, 2.75) is 6.10 Å². The molecule has 6 heteroatoms. The second-order valence-electron chi connectivity index (χ2n) is 2.66. The Kier molecular flexibility index (Phi) is 1.90. The lowest BCUT2D eigenvalue weighted by molar-refractivity contribution is -0.147. The van der Waals surface area contributed by atoms with Gasteiger partial charge in [-0.3, -0.25) is 0 Å². The summed E-state index contributed by atoms with van der Waals surface area (Å²) in [5, 5.41) is 17.7. The van der Waals surface area contributed by atoms with Gasteiger partial charge in [0.1, 0.15) is 17.6 Å². The fourth-order valence-electron chi connectivity index (χ4n) is 1.06. The van der Waals surface area contributed by atoms with Crippen LogP contribution in [0.1, 0.15) is 11.9 Å². The van der Waals surface area contributed by atoms with E-state index in [1.807, 2.05) is 0 Å². The summed E-state index contributed by atoms with van der Waals surface area (Å²) in [6, 6.07) is 1.37. The van der Waals surface area contributed by atoms with Gasteiger partial charge < -0.3 is 14.6 Å². The van der Waals surface area contributed by atoms with Crippen LogP contribution in [0.5, 0.6) is 0 Å². The molecule has 14 heavy (non-hydrogen) atoms. The van der Waals surface area contributed by atoms with Gasteiger partial charge in [-0.1, -0.05) is 0 Å². The zero-order valence-electron chi connectivity index (χ0n) is 6.91. The third-order valence-corrected chi connectivity index (χ3v) is 1.72. The molecule has 2 aromatic heterocycles. The summed E-state index contributed by atoms with van der Waals surface area (Å²) in [7, 11) is 0. The van der Waals surface area contributed by atoms with E-state index in [4.69, 9.17) is 14.6 Å². The van der Waals surface area contributed by atoms with E-state index in [1.165, 1.54) is 18.6 Å². The predicted molar refractivity (Wildman–Crippen MR) is 44.4 cm³/mol. The third-order valence-electron chi connectivity index (χ3n) is 1.72. The van der Waals surface area contributed by atoms with Crippen molar-refractivity contribution in [1.82, 2.24) is 9.97 Å². The molecule has 0 bridgehead atoms. The van der Waals surface area contributed by atoms with Gasteiger partial charge >= 0.3 is 5.97 Å². The van der Waals surface area contributed by atoms with Crippen LogP contribution < -0.4 is 0 Å². The second kappa shape index (κ2) is 3.08. The minimum absolute atomic E-state index is 0.0481. The number of nitrogens with zero attached hydrogens (tertiary/aromatic N) is 2. The molecular weight excluding hydrogens is 188 g/mol. The number of aliphatic hydroxyl groups is 1. The number of hydrogen-bond acceptors (Lipinski definition) is 5. The Morgan fingerprint density at radius 3 is 3.00 bits per heavy atom. The normalized spacial score (nSPS) is 12.9. The number of hydrogen-bond donors (Lipinski definition) is 2. The number of aliphatic hydroxyl groups excluding tert-OH is 1. The van der Waals surface area contributed by atoms with Gasteiger partial charge in [-0.15, -0.1) is 0 Å². The number of carboxylic acid groups (broad SMARTS) is 1. The van der Waals surface area contributed by atoms with E-state index in [0.717, 1.165) is 0 Å². The van der Waals surface area contributed by atoms with Crippen molar-refractivity contribution in [3.05, 3.63) is 24.4 Å². The fourth-order valence-corrected chi connectivity index (χ4v) is 1.06. The maximum Gasteiger partial charge on any atom is 0.340 e. The molecule has 0 spiro atoms. The first kappa shape index (κ1) is 8.64. The van der Waals surface area contributed by atoms with Crippen molar-refractivity contribution in [2.75, 3.05) is 0 Å². The third kappa shape index (κ3) is 1.31. The van der Waals surface area contributed by atoms with Gasteiger partial charge in [-0.2, -0.15) is 0 Å². The van der Waals surface area contributed by atoms with Crippen LogP contribution in [0.3, 0.4) is 0 Å². The van der Waals surface area contributed by atoms with Gasteiger partial charge in [0.25, 0.3) is 0 Å². The van der Waals surface area contributed by atoms with Crippen LogP contribution in [0.2, 0.25) is 0 Å². The zero-order valence-corrected chi connectivity index (χ0v) is 6.91. The lowest BCUT2D eigenvalue weighted by Gasteiger charge is -1.98. The molecule has 0 aliphatic rings. The summed E-state index contributed by atoms with van der Waals surface area (Å²) in [6.07, 6.45) is 1.05. The molecular formula is C8H6N2O4. The molecule has 2 aromatic rings. The molecule has 0 radical (unpaired) electrons. The molecule has 0 saturated heterocycles. The molecule has 1 unspecified atom stereocenters. The predicted octanol–water partition coefficient (Wildman–Crippen LogP) is 0.341. The summed E-state index contributed by atoms with van der Waals surface area (Å²) in [6.45, 7) is 0. The van der Waals surface area contributed by atoms with Crippen LogP contribution in [-0.2, 0) is 4.79 Å². The molecule has 1 atom stereocenters. The summed E-state index contributed by atoms with van der Waals surface area (Å²) < 4.78 is 5.04. The van der Waals surface area contributed by atoms with Crippen LogP contribution in [0.15, 0.2) is 23.0 Å². The lowest BCUT2D eigenvalue weighted by Crippen LogP contribution is -2.09. The van der Waals surface area contributed by atoms with Gasteiger partial charge in [-0.25, -0.2) is 14.8 Å². The Morgan fingerprint density at radius 2 is 2.36 bits per heavy atom. The van der Waals surface area contributed by atoms with E-state index >= 15 is 0 Å². The van der Waals surface area contributed by atoms with Crippen LogP contribution in [-0.4, -0.2) is 26.2 Å². The molecule has 0 amide bonds. The van der Waals surface area contributed by atoms with Crippen LogP contribution in [0.25, 0.3) is 11.1 Å². The first-order valence-electron chi connectivity index (χ1n) is 3.79. The molecule has 2 rings (SSSR count). The Balaban J connectivity index is 2.50. The van der Waals surface area contributed by atoms with Crippen LogP contribution in [0, 0.1) is 0 Å². The Labute approximate surface area is 77.8 Å². The summed E-state index contributed by atoms with van der Waals surface area (Å²) in [4.78, 5) is 18.0. The monoisotopic (exact) mass is 194 g/mol. The maximum atomic E-state index is 10.4. The van der Waals surface area contributed by atoms with Gasteiger partial charge in [-0.05, 0) is 0 Å². The van der Waals surface area contributed by atoms with Crippen molar-refractivity contribution in [3.8, 4) is 0 Å². The van der Waals surface area contributed by atoms with E-state index in [2.05, 4.69) is 9.97 Å². The average molecular weight is 194 g/mol. The number of furan rings is 1. The Hall–Kier alpha value is -1.95. The highest BCUT2D eigenvalue weighted by Crippen LogP contribution is 2.21. The maximum absolute atomic E-state index is 10.4. The number of carboxylic acids is 1. The summed E-state index contributed by atoms with van der Waals surface area (Å²) >= 11 is 0. The van der Waals surface area contributed by atoms with E-state index in [1.54, 1.807) is 0 Å². The van der Waals surface area contributed by atoms with Gasteiger partial charge in [0, 0.05) is 6.07 Å². The lowest BCUT2D eigenvalue weighted by atomic mass is 10.3. The number of aromatic nitrogens is 2. The molecule has 72 valence electrons. The number of aliphatic carboxylic acids is 1. The molecule has 0 aliphatic heterocycles. The first-order chi connectivity index (χ1) is 6.68. The van der Waals surface area contributed by atoms with Crippen molar-refractivity contribution in [1.29, 1.82) is 0 Å². The highest BCUT2D eigenvalue weighted by atomic mass is 16.4. The van der Waals surface area contributed by atoms with Crippen LogP contribution >= 0.6 is 0 Å². The smallest absolute Gasteiger partial charge is 0.340 e. The summed E-state index contributed by atoms with van der Waals surface area (Å²) in [5.41, 5.74) is 0.818. The van der Waals surface area contributed by atoms with Crippen molar-refractivity contribution >= 4 is 17.1 Å². The van der Waals surface area contributed by atoms with Gasteiger partial charge in [0.15, 0.2) is 5.58 Å². The molecule has 0 aliphatic carbocycles.